The lowest BCUT2D eigenvalue weighted by Gasteiger charge is -2.25. The van der Waals surface area contributed by atoms with Gasteiger partial charge in [0.05, 0.1) is 5.56 Å². The molecule has 0 unspecified atom stereocenters. The van der Waals surface area contributed by atoms with Crippen molar-refractivity contribution < 1.29 is 13.6 Å². The van der Waals surface area contributed by atoms with Gasteiger partial charge in [0.2, 0.25) is 0 Å². The number of halogens is 2. The predicted octanol–water partition coefficient (Wildman–Crippen LogP) is 3.00. The minimum atomic E-state index is -1.10. The fourth-order valence-electron chi connectivity index (χ4n) is 1.49. The quantitative estimate of drug-likeness (QED) is 0.740. The van der Waals surface area contributed by atoms with Gasteiger partial charge in [0.15, 0.2) is 11.6 Å². The summed E-state index contributed by atoms with van der Waals surface area (Å²) in [6.07, 6.45) is 1.55. The Morgan fingerprint density at radius 2 is 2.12 bits per heavy atom. The van der Waals surface area contributed by atoms with Crippen molar-refractivity contribution in [3.05, 3.63) is 48.1 Å². The molecule has 1 aromatic rings. The fraction of sp³-hybridized carbons (Fsp3) is 0.308. The zero-order valence-corrected chi connectivity index (χ0v) is 9.91. The maximum absolute atomic E-state index is 13.5. The molecule has 0 aromatic heterocycles. The molecule has 1 amide bonds. The zero-order valence-electron chi connectivity index (χ0n) is 9.91. The Bertz CT molecular complexity index is 429. The summed E-state index contributed by atoms with van der Waals surface area (Å²) in [5, 5.41) is 0. The summed E-state index contributed by atoms with van der Waals surface area (Å²) in [5.41, 5.74) is -0.249. The van der Waals surface area contributed by atoms with Crippen molar-refractivity contribution in [2.75, 3.05) is 6.54 Å². The molecule has 0 spiro atoms. The molecule has 2 nitrogen and oxygen atoms in total. The highest BCUT2D eigenvalue weighted by Crippen LogP contribution is 2.15. The molecule has 1 aromatic carbocycles. The molecule has 0 saturated heterocycles. The molecule has 1 rings (SSSR count). The van der Waals surface area contributed by atoms with Gasteiger partial charge in [-0.15, -0.1) is 6.58 Å². The maximum Gasteiger partial charge on any atom is 0.257 e. The van der Waals surface area contributed by atoms with E-state index in [0.717, 1.165) is 6.07 Å². The highest BCUT2D eigenvalue weighted by Gasteiger charge is 2.22. The summed E-state index contributed by atoms with van der Waals surface area (Å²) < 4.78 is 26.5. The van der Waals surface area contributed by atoms with Crippen molar-refractivity contribution in [3.63, 3.8) is 0 Å². The van der Waals surface area contributed by atoms with Crippen LogP contribution >= 0.6 is 0 Å². The maximum atomic E-state index is 13.5. The normalized spacial score (nSPS) is 10.4. The van der Waals surface area contributed by atoms with Crippen LogP contribution in [-0.2, 0) is 0 Å². The number of amides is 1. The van der Waals surface area contributed by atoms with Crippen LogP contribution in [0.2, 0.25) is 0 Å². The monoisotopic (exact) mass is 239 g/mol. The molecule has 92 valence electrons. The lowest BCUT2D eigenvalue weighted by Crippen LogP contribution is -2.37. The van der Waals surface area contributed by atoms with Crippen molar-refractivity contribution in [1.29, 1.82) is 0 Å². The second-order valence-electron chi connectivity index (χ2n) is 3.94. The Morgan fingerprint density at radius 1 is 1.47 bits per heavy atom. The molecular weight excluding hydrogens is 224 g/mol. The summed E-state index contributed by atoms with van der Waals surface area (Å²) in [4.78, 5) is 13.4. The van der Waals surface area contributed by atoms with Crippen LogP contribution in [0, 0.1) is 11.6 Å². The van der Waals surface area contributed by atoms with E-state index in [1.165, 1.54) is 17.0 Å². The SMILES string of the molecule is C=CCN(C(=O)c1cccc(F)c1F)C(C)C. The van der Waals surface area contributed by atoms with Crippen LogP contribution in [0.4, 0.5) is 8.78 Å². The summed E-state index contributed by atoms with van der Waals surface area (Å²) in [6, 6.07) is 3.47. The first-order chi connectivity index (χ1) is 7.99. The molecule has 0 aliphatic heterocycles. The van der Waals surface area contributed by atoms with E-state index in [-0.39, 0.29) is 11.6 Å². The van der Waals surface area contributed by atoms with Gasteiger partial charge in [0, 0.05) is 12.6 Å². The van der Waals surface area contributed by atoms with Gasteiger partial charge in [-0.05, 0) is 26.0 Å². The second-order valence-corrected chi connectivity index (χ2v) is 3.94. The third-order valence-electron chi connectivity index (χ3n) is 2.39. The van der Waals surface area contributed by atoms with E-state index < -0.39 is 17.5 Å². The number of hydrogen-bond acceptors (Lipinski definition) is 1. The molecule has 0 aliphatic carbocycles. The highest BCUT2D eigenvalue weighted by atomic mass is 19.2. The van der Waals surface area contributed by atoms with Gasteiger partial charge >= 0.3 is 0 Å². The standard InChI is InChI=1S/C13H15F2NO/c1-4-8-16(9(2)3)13(17)10-6-5-7-11(14)12(10)15/h4-7,9H,1,8H2,2-3H3. The van der Waals surface area contributed by atoms with Gasteiger partial charge in [0.25, 0.3) is 5.91 Å². The first-order valence-corrected chi connectivity index (χ1v) is 5.35. The molecule has 0 radical (unpaired) electrons. The van der Waals surface area contributed by atoms with E-state index >= 15 is 0 Å². The number of hydrogen-bond donors (Lipinski definition) is 0. The summed E-state index contributed by atoms with van der Waals surface area (Å²) in [6.45, 7) is 7.44. The summed E-state index contributed by atoms with van der Waals surface area (Å²) in [5.74, 6) is -2.65. The van der Waals surface area contributed by atoms with Crippen LogP contribution in [0.15, 0.2) is 30.9 Å². The van der Waals surface area contributed by atoms with E-state index in [0.29, 0.717) is 6.54 Å². The number of benzene rings is 1. The van der Waals surface area contributed by atoms with E-state index in [9.17, 15) is 13.6 Å². The number of carbonyl (C=O) groups is 1. The Labute approximate surface area is 99.5 Å². The van der Waals surface area contributed by atoms with Gasteiger partial charge in [-0.2, -0.15) is 0 Å². The average Bonchev–Trinajstić information content (AvgIpc) is 2.28. The molecule has 0 bridgehead atoms. The summed E-state index contributed by atoms with van der Waals surface area (Å²) in [7, 11) is 0. The van der Waals surface area contributed by atoms with Crippen molar-refractivity contribution in [2.24, 2.45) is 0 Å². The molecule has 4 heteroatoms. The second kappa shape index (κ2) is 5.57. The topological polar surface area (TPSA) is 20.3 Å². The number of rotatable bonds is 4. The van der Waals surface area contributed by atoms with E-state index in [1.54, 1.807) is 19.9 Å². The van der Waals surface area contributed by atoms with Crippen molar-refractivity contribution >= 4 is 5.91 Å². The van der Waals surface area contributed by atoms with Crippen LogP contribution in [0.3, 0.4) is 0 Å². The van der Waals surface area contributed by atoms with Crippen LogP contribution in [0.1, 0.15) is 24.2 Å². The van der Waals surface area contributed by atoms with E-state index in [2.05, 4.69) is 6.58 Å². The lowest BCUT2D eigenvalue weighted by atomic mass is 10.1. The molecule has 0 aliphatic rings. The third kappa shape index (κ3) is 2.90. The van der Waals surface area contributed by atoms with Crippen LogP contribution < -0.4 is 0 Å². The van der Waals surface area contributed by atoms with Gasteiger partial charge in [-0.25, -0.2) is 8.78 Å². The minimum absolute atomic E-state index is 0.108. The third-order valence-corrected chi connectivity index (χ3v) is 2.39. The zero-order chi connectivity index (χ0) is 13.0. The molecule has 0 N–H and O–H groups in total. The molecular formula is C13H15F2NO. The average molecular weight is 239 g/mol. The van der Waals surface area contributed by atoms with Crippen molar-refractivity contribution in [1.82, 2.24) is 4.90 Å². The van der Waals surface area contributed by atoms with Gasteiger partial charge in [-0.3, -0.25) is 4.79 Å². The molecule has 17 heavy (non-hydrogen) atoms. The van der Waals surface area contributed by atoms with Crippen LogP contribution in [-0.4, -0.2) is 23.4 Å². The molecule has 0 fully saturated rings. The largest absolute Gasteiger partial charge is 0.332 e. The number of carbonyl (C=O) groups excluding carboxylic acids is 1. The lowest BCUT2D eigenvalue weighted by molar-refractivity contribution is 0.0723. The fourth-order valence-corrected chi connectivity index (χ4v) is 1.49. The van der Waals surface area contributed by atoms with Crippen LogP contribution in [0.25, 0.3) is 0 Å². The Morgan fingerprint density at radius 3 is 2.65 bits per heavy atom. The van der Waals surface area contributed by atoms with Crippen LogP contribution in [0.5, 0.6) is 0 Å². The van der Waals surface area contributed by atoms with Gasteiger partial charge < -0.3 is 4.90 Å². The predicted molar refractivity (Wildman–Crippen MR) is 62.7 cm³/mol. The number of nitrogens with zero attached hydrogens (tertiary/aromatic N) is 1. The van der Waals surface area contributed by atoms with Crippen molar-refractivity contribution in [3.8, 4) is 0 Å². The molecule has 0 heterocycles. The minimum Gasteiger partial charge on any atom is -0.332 e. The van der Waals surface area contributed by atoms with Crippen molar-refractivity contribution in [2.45, 2.75) is 19.9 Å². The van der Waals surface area contributed by atoms with E-state index in [4.69, 9.17) is 0 Å². The van der Waals surface area contributed by atoms with Gasteiger partial charge in [0.1, 0.15) is 0 Å². The first-order valence-electron chi connectivity index (χ1n) is 5.35. The molecule has 0 atom stereocenters. The Kier molecular flexibility index (Phi) is 4.37. The smallest absolute Gasteiger partial charge is 0.257 e. The first kappa shape index (κ1) is 13.4. The Hall–Kier alpha value is -1.71. The van der Waals surface area contributed by atoms with E-state index in [1.807, 2.05) is 0 Å². The highest BCUT2D eigenvalue weighted by molar-refractivity contribution is 5.94. The summed E-state index contributed by atoms with van der Waals surface area (Å²) >= 11 is 0. The molecule has 0 saturated carbocycles. The van der Waals surface area contributed by atoms with Gasteiger partial charge in [-0.1, -0.05) is 12.1 Å². The Balaban J connectivity index is 3.09.